The van der Waals surface area contributed by atoms with Crippen molar-refractivity contribution in [3.8, 4) is 0 Å². The van der Waals surface area contributed by atoms with E-state index in [0.29, 0.717) is 12.2 Å². The third-order valence-corrected chi connectivity index (χ3v) is 3.69. The van der Waals surface area contributed by atoms with Crippen LogP contribution in [0.3, 0.4) is 0 Å². The van der Waals surface area contributed by atoms with E-state index in [1.165, 1.54) is 0 Å². The quantitative estimate of drug-likeness (QED) is 0.770. The molecular formula is C20H23NO4. The number of amides is 1. The highest BCUT2D eigenvalue weighted by Crippen LogP contribution is 2.17. The molecule has 2 aromatic carbocycles. The van der Waals surface area contributed by atoms with Gasteiger partial charge in [0.2, 0.25) is 0 Å². The molecule has 1 atom stereocenters. The SMILES string of the molecule is CC(C)OCc1ccc(C(=O)N[C@@H](CC(=O)O)c2ccccc2)cc1. The topological polar surface area (TPSA) is 75.6 Å². The maximum atomic E-state index is 12.5. The van der Waals surface area contributed by atoms with Gasteiger partial charge in [0.25, 0.3) is 5.91 Å². The molecule has 0 bridgehead atoms. The number of aliphatic carboxylic acids is 1. The van der Waals surface area contributed by atoms with Crippen molar-refractivity contribution in [2.75, 3.05) is 0 Å². The second-order valence-electron chi connectivity index (χ2n) is 6.09. The summed E-state index contributed by atoms with van der Waals surface area (Å²) in [5.41, 5.74) is 2.23. The molecule has 0 saturated carbocycles. The molecule has 0 saturated heterocycles. The predicted molar refractivity (Wildman–Crippen MR) is 95.3 cm³/mol. The Kier molecular flexibility index (Phi) is 6.71. The van der Waals surface area contributed by atoms with Crippen molar-refractivity contribution in [3.63, 3.8) is 0 Å². The molecule has 5 nitrogen and oxygen atoms in total. The Morgan fingerprint density at radius 3 is 2.24 bits per heavy atom. The molecule has 0 unspecified atom stereocenters. The van der Waals surface area contributed by atoms with Gasteiger partial charge in [0.05, 0.1) is 25.2 Å². The van der Waals surface area contributed by atoms with Crippen molar-refractivity contribution < 1.29 is 19.4 Å². The van der Waals surface area contributed by atoms with Gasteiger partial charge in [-0.1, -0.05) is 42.5 Å². The number of carboxylic acids is 1. The van der Waals surface area contributed by atoms with E-state index in [0.717, 1.165) is 11.1 Å². The average Bonchev–Trinajstić information content (AvgIpc) is 2.60. The number of benzene rings is 2. The molecule has 0 aliphatic rings. The largest absolute Gasteiger partial charge is 0.481 e. The van der Waals surface area contributed by atoms with Gasteiger partial charge in [0.1, 0.15) is 0 Å². The molecule has 2 N–H and O–H groups in total. The second kappa shape index (κ2) is 8.99. The van der Waals surface area contributed by atoms with Gasteiger partial charge in [0, 0.05) is 5.56 Å². The summed E-state index contributed by atoms with van der Waals surface area (Å²) in [7, 11) is 0. The molecular weight excluding hydrogens is 318 g/mol. The van der Waals surface area contributed by atoms with Crippen molar-refractivity contribution in [3.05, 3.63) is 71.3 Å². The molecule has 0 aromatic heterocycles. The summed E-state index contributed by atoms with van der Waals surface area (Å²) in [6.45, 7) is 4.42. The van der Waals surface area contributed by atoms with Crippen LogP contribution in [0.15, 0.2) is 54.6 Å². The van der Waals surface area contributed by atoms with Crippen molar-refractivity contribution in [2.24, 2.45) is 0 Å². The zero-order valence-corrected chi connectivity index (χ0v) is 14.4. The maximum Gasteiger partial charge on any atom is 0.305 e. The first kappa shape index (κ1) is 18.7. The fraction of sp³-hybridized carbons (Fsp3) is 0.300. The van der Waals surface area contributed by atoms with E-state index in [1.807, 2.05) is 44.2 Å². The minimum atomic E-state index is -0.963. The van der Waals surface area contributed by atoms with E-state index >= 15 is 0 Å². The number of nitrogens with one attached hydrogen (secondary N) is 1. The van der Waals surface area contributed by atoms with E-state index in [4.69, 9.17) is 9.84 Å². The highest BCUT2D eigenvalue weighted by Gasteiger charge is 2.18. The van der Waals surface area contributed by atoms with Gasteiger partial charge < -0.3 is 15.2 Å². The first-order chi connectivity index (χ1) is 12.0. The summed E-state index contributed by atoms with van der Waals surface area (Å²) in [4.78, 5) is 23.6. The summed E-state index contributed by atoms with van der Waals surface area (Å²) in [5.74, 6) is -1.26. The van der Waals surface area contributed by atoms with Crippen LogP contribution in [-0.2, 0) is 16.1 Å². The Bertz CT molecular complexity index is 695. The molecule has 0 radical (unpaired) electrons. The average molecular weight is 341 g/mol. The third-order valence-electron chi connectivity index (χ3n) is 3.69. The van der Waals surface area contributed by atoms with Crippen molar-refractivity contribution in [1.29, 1.82) is 0 Å². The second-order valence-corrected chi connectivity index (χ2v) is 6.09. The summed E-state index contributed by atoms with van der Waals surface area (Å²) in [6.07, 6.45) is -0.0265. The van der Waals surface area contributed by atoms with E-state index in [9.17, 15) is 9.59 Å². The van der Waals surface area contributed by atoms with Crippen molar-refractivity contribution in [1.82, 2.24) is 5.32 Å². The van der Waals surface area contributed by atoms with Gasteiger partial charge in [-0.15, -0.1) is 0 Å². The predicted octanol–water partition coefficient (Wildman–Crippen LogP) is 3.56. The molecule has 2 rings (SSSR count). The van der Waals surface area contributed by atoms with E-state index in [1.54, 1.807) is 24.3 Å². The molecule has 25 heavy (non-hydrogen) atoms. The van der Waals surface area contributed by atoms with Crippen LogP contribution < -0.4 is 5.32 Å². The monoisotopic (exact) mass is 341 g/mol. The molecule has 0 aliphatic carbocycles. The number of hydrogen-bond acceptors (Lipinski definition) is 3. The minimum absolute atomic E-state index is 0.144. The van der Waals surface area contributed by atoms with Gasteiger partial charge in [-0.25, -0.2) is 0 Å². The molecule has 0 heterocycles. The van der Waals surface area contributed by atoms with Crippen LogP contribution in [0, 0.1) is 0 Å². The number of ether oxygens (including phenoxy) is 1. The van der Waals surface area contributed by atoms with Crippen LogP contribution >= 0.6 is 0 Å². The Labute approximate surface area is 147 Å². The van der Waals surface area contributed by atoms with Gasteiger partial charge in [-0.3, -0.25) is 9.59 Å². The first-order valence-corrected chi connectivity index (χ1v) is 8.24. The molecule has 2 aromatic rings. The highest BCUT2D eigenvalue weighted by atomic mass is 16.5. The Morgan fingerprint density at radius 1 is 1.04 bits per heavy atom. The number of carbonyl (C=O) groups excluding carboxylic acids is 1. The molecule has 132 valence electrons. The summed E-state index contributed by atoms with van der Waals surface area (Å²) in [6, 6.07) is 15.6. The number of carboxylic acid groups (broad SMARTS) is 1. The molecule has 1 amide bonds. The van der Waals surface area contributed by atoms with Crippen molar-refractivity contribution in [2.45, 2.75) is 39.0 Å². The summed E-state index contributed by atoms with van der Waals surface area (Å²) >= 11 is 0. The van der Waals surface area contributed by atoms with Crippen LogP contribution in [-0.4, -0.2) is 23.1 Å². The lowest BCUT2D eigenvalue weighted by Gasteiger charge is -2.17. The smallest absolute Gasteiger partial charge is 0.305 e. The lowest BCUT2D eigenvalue weighted by atomic mass is 10.0. The van der Waals surface area contributed by atoms with Gasteiger partial charge >= 0.3 is 5.97 Å². The van der Waals surface area contributed by atoms with Gasteiger partial charge in [-0.2, -0.15) is 0 Å². The zero-order valence-electron chi connectivity index (χ0n) is 14.4. The zero-order chi connectivity index (χ0) is 18.2. The summed E-state index contributed by atoms with van der Waals surface area (Å²) in [5, 5.41) is 11.9. The highest BCUT2D eigenvalue weighted by molar-refractivity contribution is 5.94. The molecule has 0 fully saturated rings. The van der Waals surface area contributed by atoms with E-state index in [2.05, 4.69) is 5.32 Å². The normalized spacial score (nSPS) is 12.0. The van der Waals surface area contributed by atoms with Crippen LogP contribution in [0.4, 0.5) is 0 Å². The van der Waals surface area contributed by atoms with Crippen LogP contribution in [0.5, 0.6) is 0 Å². The van der Waals surface area contributed by atoms with Gasteiger partial charge in [0.15, 0.2) is 0 Å². The van der Waals surface area contributed by atoms with E-state index < -0.39 is 12.0 Å². The lowest BCUT2D eigenvalue weighted by molar-refractivity contribution is -0.137. The first-order valence-electron chi connectivity index (χ1n) is 8.24. The Balaban J connectivity index is 2.06. The number of rotatable bonds is 8. The Hall–Kier alpha value is -2.66. The third kappa shape index (κ3) is 6.04. The molecule has 5 heteroatoms. The Morgan fingerprint density at radius 2 is 1.68 bits per heavy atom. The summed E-state index contributed by atoms with van der Waals surface area (Å²) < 4.78 is 5.53. The van der Waals surface area contributed by atoms with Crippen LogP contribution in [0.25, 0.3) is 0 Å². The minimum Gasteiger partial charge on any atom is -0.481 e. The van der Waals surface area contributed by atoms with Crippen molar-refractivity contribution >= 4 is 11.9 Å². The number of carbonyl (C=O) groups is 2. The fourth-order valence-corrected chi connectivity index (χ4v) is 2.37. The van der Waals surface area contributed by atoms with Gasteiger partial charge in [-0.05, 0) is 37.1 Å². The maximum absolute atomic E-state index is 12.5. The fourth-order valence-electron chi connectivity index (χ4n) is 2.37. The molecule has 0 spiro atoms. The van der Waals surface area contributed by atoms with Crippen LogP contribution in [0.2, 0.25) is 0 Å². The molecule has 0 aliphatic heterocycles. The number of hydrogen-bond donors (Lipinski definition) is 2. The van der Waals surface area contributed by atoms with Crippen LogP contribution in [0.1, 0.15) is 47.8 Å². The standard InChI is InChI=1S/C20H23NO4/c1-14(2)25-13-15-8-10-17(11-9-15)20(24)21-18(12-19(22)23)16-6-4-3-5-7-16/h3-11,14,18H,12-13H2,1-2H3,(H,21,24)(H,22,23)/t18-/m0/s1. The lowest BCUT2D eigenvalue weighted by Crippen LogP contribution is -2.30. The van der Waals surface area contributed by atoms with E-state index in [-0.39, 0.29) is 18.4 Å².